The summed E-state index contributed by atoms with van der Waals surface area (Å²) in [5, 5.41) is 3.32. The van der Waals surface area contributed by atoms with Crippen molar-refractivity contribution in [3.8, 4) is 5.75 Å². The number of carbonyl (C=O) groups excluding carboxylic acids is 1. The van der Waals surface area contributed by atoms with E-state index in [0.29, 0.717) is 23.2 Å². The fourth-order valence-electron chi connectivity index (χ4n) is 3.00. The number of amides is 1. The molecule has 1 N–H and O–H groups in total. The lowest BCUT2D eigenvalue weighted by atomic mass is 10.1. The van der Waals surface area contributed by atoms with Crippen molar-refractivity contribution < 1.29 is 9.53 Å². The number of nitrogens with zero attached hydrogens (tertiary/aromatic N) is 2. The van der Waals surface area contributed by atoms with E-state index in [1.54, 1.807) is 25.2 Å². The predicted octanol–water partition coefficient (Wildman–Crippen LogP) is 2.05. The predicted molar refractivity (Wildman–Crippen MR) is 95.0 cm³/mol. The number of hydrogen-bond donors (Lipinski definition) is 1. The van der Waals surface area contributed by atoms with Crippen LogP contribution >= 0.6 is 0 Å². The number of carbonyl (C=O) groups is 1. The molecule has 0 spiro atoms. The van der Waals surface area contributed by atoms with Crippen LogP contribution in [0, 0.1) is 0 Å². The maximum atomic E-state index is 12.3. The molecule has 25 heavy (non-hydrogen) atoms. The second-order valence-electron chi connectivity index (χ2n) is 6.16. The summed E-state index contributed by atoms with van der Waals surface area (Å²) in [5.74, 6) is 0.726. The average Bonchev–Trinajstić information content (AvgIpc) is 3.06. The Hall–Kier alpha value is -3.15. The van der Waals surface area contributed by atoms with E-state index < -0.39 is 0 Å². The number of aryl methyl sites for hydroxylation is 1. The van der Waals surface area contributed by atoms with Crippen molar-refractivity contribution >= 4 is 22.5 Å². The lowest BCUT2D eigenvalue weighted by molar-refractivity contribution is -0.115. The maximum absolute atomic E-state index is 12.3. The molecule has 2 aromatic carbocycles. The number of aromatic nitrogens is 2. The minimum absolute atomic E-state index is 0.141. The Morgan fingerprint density at radius 3 is 3.04 bits per heavy atom. The zero-order chi connectivity index (χ0) is 17.4. The average molecular weight is 335 g/mol. The summed E-state index contributed by atoms with van der Waals surface area (Å²) in [7, 11) is 1.65. The molecule has 0 unspecified atom stereocenters. The Kier molecular flexibility index (Phi) is 3.72. The zero-order valence-corrected chi connectivity index (χ0v) is 13.8. The van der Waals surface area contributed by atoms with Gasteiger partial charge in [-0.2, -0.15) is 0 Å². The third kappa shape index (κ3) is 2.98. The van der Waals surface area contributed by atoms with Crippen LogP contribution in [0.25, 0.3) is 10.9 Å². The van der Waals surface area contributed by atoms with Crippen LogP contribution in [0.1, 0.15) is 11.1 Å². The molecule has 6 heteroatoms. The molecular formula is C19H17N3O3. The van der Waals surface area contributed by atoms with E-state index in [1.165, 1.54) is 16.5 Å². The molecule has 0 radical (unpaired) electrons. The van der Waals surface area contributed by atoms with E-state index in [1.807, 2.05) is 18.2 Å². The van der Waals surface area contributed by atoms with E-state index in [4.69, 9.17) is 4.74 Å². The summed E-state index contributed by atoms with van der Waals surface area (Å²) < 4.78 is 6.95. The molecule has 0 atom stereocenters. The van der Waals surface area contributed by atoms with Gasteiger partial charge in [-0.25, -0.2) is 4.98 Å². The molecule has 1 aliphatic rings. The first-order chi connectivity index (χ1) is 12.1. The molecule has 1 amide bonds. The van der Waals surface area contributed by atoms with Gasteiger partial charge < -0.3 is 14.6 Å². The van der Waals surface area contributed by atoms with Crippen LogP contribution in [0.3, 0.4) is 0 Å². The molecule has 126 valence electrons. The van der Waals surface area contributed by atoms with Crippen molar-refractivity contribution in [2.45, 2.75) is 12.8 Å². The number of rotatable bonds is 3. The largest absolute Gasteiger partial charge is 0.493 e. The summed E-state index contributed by atoms with van der Waals surface area (Å²) in [6, 6.07) is 11.0. The second-order valence-corrected chi connectivity index (χ2v) is 6.16. The number of benzene rings is 2. The van der Waals surface area contributed by atoms with Crippen molar-refractivity contribution in [2.75, 3.05) is 11.9 Å². The van der Waals surface area contributed by atoms with Crippen molar-refractivity contribution in [1.82, 2.24) is 9.55 Å². The van der Waals surface area contributed by atoms with Crippen molar-refractivity contribution in [3.63, 3.8) is 0 Å². The van der Waals surface area contributed by atoms with Gasteiger partial charge >= 0.3 is 0 Å². The van der Waals surface area contributed by atoms with Crippen LogP contribution in [0.5, 0.6) is 5.75 Å². The molecule has 3 aromatic rings. The Bertz CT molecular complexity index is 1040. The van der Waals surface area contributed by atoms with Gasteiger partial charge in [-0.3, -0.25) is 9.59 Å². The first-order valence-corrected chi connectivity index (χ1v) is 8.10. The quantitative estimate of drug-likeness (QED) is 0.795. The van der Waals surface area contributed by atoms with E-state index in [2.05, 4.69) is 10.3 Å². The molecule has 0 aliphatic carbocycles. The minimum Gasteiger partial charge on any atom is -0.493 e. The molecule has 0 bridgehead atoms. The van der Waals surface area contributed by atoms with Crippen LogP contribution in [0.4, 0.5) is 5.69 Å². The molecule has 2 heterocycles. The number of ether oxygens (including phenoxy) is 1. The van der Waals surface area contributed by atoms with Crippen molar-refractivity contribution in [2.24, 2.45) is 7.05 Å². The van der Waals surface area contributed by atoms with Crippen LogP contribution in [-0.2, 0) is 24.7 Å². The summed E-state index contributed by atoms with van der Waals surface area (Å²) >= 11 is 0. The highest BCUT2D eigenvalue weighted by molar-refractivity contribution is 5.94. The third-order valence-electron chi connectivity index (χ3n) is 4.33. The fourth-order valence-corrected chi connectivity index (χ4v) is 3.00. The summed E-state index contributed by atoms with van der Waals surface area (Å²) in [4.78, 5) is 28.7. The van der Waals surface area contributed by atoms with Crippen LogP contribution < -0.4 is 15.6 Å². The maximum Gasteiger partial charge on any atom is 0.260 e. The van der Waals surface area contributed by atoms with Gasteiger partial charge in [0.2, 0.25) is 5.91 Å². The smallest absolute Gasteiger partial charge is 0.260 e. The van der Waals surface area contributed by atoms with Crippen molar-refractivity contribution in [3.05, 3.63) is 64.2 Å². The highest BCUT2D eigenvalue weighted by Gasteiger charge is 2.13. The first kappa shape index (κ1) is 15.4. The number of fused-ring (bicyclic) bond motifs is 2. The molecule has 1 aromatic heterocycles. The number of anilines is 1. The van der Waals surface area contributed by atoms with Gasteiger partial charge in [-0.1, -0.05) is 12.1 Å². The Morgan fingerprint density at radius 1 is 1.28 bits per heavy atom. The molecule has 0 fully saturated rings. The Labute approximate surface area is 144 Å². The lowest BCUT2D eigenvalue weighted by Gasteiger charge is -2.08. The van der Waals surface area contributed by atoms with Gasteiger partial charge in [0.05, 0.1) is 30.3 Å². The topological polar surface area (TPSA) is 73.2 Å². The zero-order valence-electron chi connectivity index (χ0n) is 13.8. The van der Waals surface area contributed by atoms with Gasteiger partial charge in [0.25, 0.3) is 5.56 Å². The number of nitrogens with one attached hydrogen (secondary N) is 1. The van der Waals surface area contributed by atoms with Gasteiger partial charge in [-0.15, -0.1) is 0 Å². The van der Waals surface area contributed by atoms with E-state index in [-0.39, 0.29) is 17.9 Å². The van der Waals surface area contributed by atoms with E-state index in [0.717, 1.165) is 17.7 Å². The molecule has 1 aliphatic heterocycles. The van der Waals surface area contributed by atoms with Crippen molar-refractivity contribution in [1.29, 1.82) is 0 Å². The molecular weight excluding hydrogens is 318 g/mol. The van der Waals surface area contributed by atoms with Crippen LogP contribution in [-0.4, -0.2) is 22.1 Å². The number of hydrogen-bond acceptors (Lipinski definition) is 4. The molecule has 6 nitrogen and oxygen atoms in total. The van der Waals surface area contributed by atoms with Crippen LogP contribution in [0.15, 0.2) is 47.5 Å². The minimum atomic E-state index is -0.142. The molecule has 4 rings (SSSR count). The Morgan fingerprint density at radius 2 is 2.16 bits per heavy atom. The van der Waals surface area contributed by atoms with Gasteiger partial charge in [0.15, 0.2) is 0 Å². The third-order valence-corrected chi connectivity index (χ3v) is 4.33. The van der Waals surface area contributed by atoms with Gasteiger partial charge in [-0.05, 0) is 35.4 Å². The first-order valence-electron chi connectivity index (χ1n) is 8.10. The van der Waals surface area contributed by atoms with Crippen LogP contribution in [0.2, 0.25) is 0 Å². The monoisotopic (exact) mass is 335 g/mol. The highest BCUT2D eigenvalue weighted by Crippen LogP contribution is 2.26. The van der Waals surface area contributed by atoms with E-state index in [9.17, 15) is 9.59 Å². The second kappa shape index (κ2) is 6.05. The van der Waals surface area contributed by atoms with Gasteiger partial charge in [0.1, 0.15) is 5.75 Å². The highest BCUT2D eigenvalue weighted by atomic mass is 16.5. The molecule has 0 saturated heterocycles. The summed E-state index contributed by atoms with van der Waals surface area (Å²) in [6.07, 6.45) is 2.65. The summed E-state index contributed by atoms with van der Waals surface area (Å²) in [6.45, 7) is 0.699. The SMILES string of the molecule is Cn1cnc2ccc(NC(=O)Cc3ccc4c(c3)OCC4)cc2c1=O. The summed E-state index contributed by atoms with van der Waals surface area (Å²) in [5.41, 5.74) is 3.13. The molecule has 0 saturated carbocycles. The fraction of sp³-hybridized carbons (Fsp3) is 0.211. The lowest BCUT2D eigenvalue weighted by Crippen LogP contribution is -2.18. The normalized spacial score (nSPS) is 12.7. The van der Waals surface area contributed by atoms with Gasteiger partial charge in [0, 0.05) is 19.2 Å². The standard InChI is InChI=1S/C19H17N3O3/c1-22-11-20-16-5-4-14(10-15(16)19(22)24)21-18(23)9-12-2-3-13-6-7-25-17(13)8-12/h2-5,8,10-11H,6-7,9H2,1H3,(H,21,23). The Balaban J connectivity index is 1.53. The van der Waals surface area contributed by atoms with E-state index >= 15 is 0 Å².